The predicted octanol–water partition coefficient (Wildman–Crippen LogP) is 4.63. The zero-order valence-electron chi connectivity index (χ0n) is 14.0. The number of hydrogen-bond acceptors (Lipinski definition) is 4. The number of carbonyl (C=O) groups excluding carboxylic acids is 1. The van der Waals surface area contributed by atoms with Gasteiger partial charge in [0.2, 0.25) is 0 Å². The molecule has 0 atom stereocenters. The van der Waals surface area contributed by atoms with E-state index in [1.807, 2.05) is 49.4 Å². The number of hydrazone groups is 1. The number of benzene rings is 2. The number of amides is 1. The second kappa shape index (κ2) is 8.42. The Morgan fingerprint density at radius 1 is 1.19 bits per heavy atom. The van der Waals surface area contributed by atoms with Crippen LogP contribution in [0.25, 0.3) is 10.9 Å². The Morgan fingerprint density at radius 2 is 1.96 bits per heavy atom. The molecule has 0 aliphatic heterocycles. The number of aromatic nitrogens is 1. The summed E-state index contributed by atoms with van der Waals surface area (Å²) in [7, 11) is 0. The smallest absolute Gasteiger partial charge is 0.259 e. The topological polar surface area (TPSA) is 66.4 Å². The number of anilines is 1. The van der Waals surface area contributed by atoms with Crippen LogP contribution in [0, 0.1) is 6.92 Å². The summed E-state index contributed by atoms with van der Waals surface area (Å²) < 4.78 is 1.96. The van der Waals surface area contributed by atoms with E-state index < -0.39 is 0 Å². The monoisotopic (exact) mass is 474 g/mol. The van der Waals surface area contributed by atoms with Gasteiger partial charge in [-0.25, -0.2) is 5.43 Å². The van der Waals surface area contributed by atoms with E-state index in [2.05, 4.69) is 52.7 Å². The van der Waals surface area contributed by atoms with Crippen LogP contribution >= 0.6 is 31.9 Å². The molecule has 0 bridgehead atoms. The molecule has 1 heterocycles. The van der Waals surface area contributed by atoms with Crippen LogP contribution in [0.2, 0.25) is 0 Å². The van der Waals surface area contributed by atoms with Crippen molar-refractivity contribution in [3.05, 3.63) is 68.7 Å². The number of hydrogen-bond donors (Lipinski definition) is 2. The molecular formula is C19H16Br2N4O. The van der Waals surface area contributed by atoms with Crippen LogP contribution in [0.3, 0.4) is 0 Å². The highest BCUT2D eigenvalue weighted by molar-refractivity contribution is 9.11. The lowest BCUT2D eigenvalue weighted by Gasteiger charge is -2.08. The number of pyridine rings is 1. The third kappa shape index (κ3) is 4.47. The van der Waals surface area contributed by atoms with Gasteiger partial charge in [0.05, 0.1) is 18.3 Å². The molecule has 3 aromatic rings. The molecule has 7 heteroatoms. The summed E-state index contributed by atoms with van der Waals surface area (Å²) in [5.41, 5.74) is 6.26. The fraction of sp³-hybridized carbons (Fsp3) is 0.105. The summed E-state index contributed by atoms with van der Waals surface area (Å²) in [5.74, 6) is -0.229. The fourth-order valence-electron chi connectivity index (χ4n) is 2.39. The normalized spacial score (nSPS) is 11.0. The van der Waals surface area contributed by atoms with Crippen molar-refractivity contribution in [1.29, 1.82) is 0 Å². The van der Waals surface area contributed by atoms with Crippen LogP contribution in [-0.4, -0.2) is 23.7 Å². The second-order valence-corrected chi connectivity index (χ2v) is 7.34. The van der Waals surface area contributed by atoms with Crippen LogP contribution < -0.4 is 10.7 Å². The largest absolute Gasteiger partial charge is 0.376 e. The van der Waals surface area contributed by atoms with E-state index in [0.717, 1.165) is 36.7 Å². The lowest BCUT2D eigenvalue weighted by Crippen LogP contribution is -2.25. The average Bonchev–Trinajstić information content (AvgIpc) is 2.64. The molecule has 5 nitrogen and oxygen atoms in total. The minimum absolute atomic E-state index is 0.118. The molecule has 3 rings (SSSR count). The molecule has 0 spiro atoms. The zero-order chi connectivity index (χ0) is 18.5. The summed E-state index contributed by atoms with van der Waals surface area (Å²) in [6.45, 7) is 2.12. The molecule has 0 saturated carbocycles. The van der Waals surface area contributed by atoms with E-state index in [0.29, 0.717) is 0 Å². The van der Waals surface area contributed by atoms with E-state index in [4.69, 9.17) is 0 Å². The number of rotatable bonds is 5. The highest BCUT2D eigenvalue weighted by atomic mass is 79.9. The van der Waals surface area contributed by atoms with Gasteiger partial charge in [-0.2, -0.15) is 5.10 Å². The SMILES string of the molecule is Cc1c(Br)cc(/C=N\NC(=O)CNc2cccc3ncccc23)cc1Br. The van der Waals surface area contributed by atoms with Crippen LogP contribution in [0.1, 0.15) is 11.1 Å². The number of carbonyl (C=O) groups is 1. The number of nitrogens with zero attached hydrogens (tertiary/aromatic N) is 2. The average molecular weight is 476 g/mol. The Balaban J connectivity index is 1.59. The van der Waals surface area contributed by atoms with Gasteiger partial charge in [-0.1, -0.05) is 37.9 Å². The molecule has 2 N–H and O–H groups in total. The molecule has 2 aromatic carbocycles. The molecule has 0 aliphatic rings. The molecule has 132 valence electrons. The minimum atomic E-state index is -0.229. The van der Waals surface area contributed by atoms with Crippen LogP contribution in [0.4, 0.5) is 5.69 Å². The van der Waals surface area contributed by atoms with Gasteiger partial charge >= 0.3 is 0 Å². The standard InChI is InChI=1S/C19H16Br2N4O/c1-12-15(20)8-13(9-16(12)21)10-24-25-19(26)11-23-18-6-2-5-17-14(18)4-3-7-22-17/h2-10,23H,11H2,1H3,(H,25,26)/b24-10-. The maximum absolute atomic E-state index is 12.0. The number of nitrogens with one attached hydrogen (secondary N) is 2. The first-order chi connectivity index (χ1) is 12.5. The Morgan fingerprint density at radius 3 is 2.73 bits per heavy atom. The van der Waals surface area contributed by atoms with Crippen LogP contribution in [0.5, 0.6) is 0 Å². The molecule has 26 heavy (non-hydrogen) atoms. The van der Waals surface area contributed by atoms with Gasteiger partial charge in [0, 0.05) is 26.2 Å². The molecule has 1 amide bonds. The molecule has 0 saturated heterocycles. The zero-order valence-corrected chi connectivity index (χ0v) is 17.1. The number of halogens is 2. The lowest BCUT2D eigenvalue weighted by atomic mass is 10.2. The summed E-state index contributed by atoms with van der Waals surface area (Å²) in [5, 5.41) is 8.10. The van der Waals surface area contributed by atoms with E-state index >= 15 is 0 Å². The Labute approximate surface area is 168 Å². The van der Waals surface area contributed by atoms with Gasteiger partial charge in [-0.05, 0) is 54.4 Å². The van der Waals surface area contributed by atoms with Crippen molar-refractivity contribution < 1.29 is 4.79 Å². The van der Waals surface area contributed by atoms with Gasteiger partial charge in [-0.15, -0.1) is 0 Å². The van der Waals surface area contributed by atoms with Gasteiger partial charge in [0.25, 0.3) is 5.91 Å². The Kier molecular flexibility index (Phi) is 6.00. The van der Waals surface area contributed by atoms with Gasteiger partial charge in [0.1, 0.15) is 0 Å². The fourth-order valence-corrected chi connectivity index (χ4v) is 3.61. The summed E-state index contributed by atoms with van der Waals surface area (Å²) in [6.07, 6.45) is 3.35. The molecule has 1 aromatic heterocycles. The summed E-state index contributed by atoms with van der Waals surface area (Å²) >= 11 is 6.99. The molecule has 0 unspecified atom stereocenters. The van der Waals surface area contributed by atoms with Crippen LogP contribution in [0.15, 0.2) is 62.7 Å². The highest BCUT2D eigenvalue weighted by Crippen LogP contribution is 2.25. The van der Waals surface area contributed by atoms with Crippen molar-refractivity contribution in [3.63, 3.8) is 0 Å². The minimum Gasteiger partial charge on any atom is -0.376 e. The molecule has 0 radical (unpaired) electrons. The molecular weight excluding hydrogens is 460 g/mol. The Hall–Kier alpha value is -2.25. The van der Waals surface area contributed by atoms with Gasteiger partial charge < -0.3 is 5.32 Å². The van der Waals surface area contributed by atoms with Gasteiger partial charge in [-0.3, -0.25) is 9.78 Å². The first kappa shape index (κ1) is 18.5. The highest BCUT2D eigenvalue weighted by Gasteiger charge is 2.04. The van der Waals surface area contributed by atoms with Crippen molar-refractivity contribution in [3.8, 4) is 0 Å². The maximum Gasteiger partial charge on any atom is 0.259 e. The van der Waals surface area contributed by atoms with E-state index in [-0.39, 0.29) is 12.5 Å². The van der Waals surface area contributed by atoms with Crippen molar-refractivity contribution in [2.24, 2.45) is 5.10 Å². The van der Waals surface area contributed by atoms with Crippen molar-refractivity contribution in [2.75, 3.05) is 11.9 Å². The first-order valence-corrected chi connectivity index (χ1v) is 9.48. The van der Waals surface area contributed by atoms with E-state index in [1.54, 1.807) is 12.4 Å². The van der Waals surface area contributed by atoms with E-state index in [9.17, 15) is 4.79 Å². The number of fused-ring (bicyclic) bond motifs is 1. The molecule has 0 fully saturated rings. The molecule has 0 aliphatic carbocycles. The van der Waals surface area contributed by atoms with Crippen molar-refractivity contribution >= 4 is 60.6 Å². The quantitative estimate of drug-likeness (QED) is 0.417. The Bertz CT molecular complexity index is 960. The summed E-state index contributed by atoms with van der Waals surface area (Å²) in [6, 6.07) is 13.5. The van der Waals surface area contributed by atoms with Crippen molar-refractivity contribution in [1.82, 2.24) is 10.4 Å². The van der Waals surface area contributed by atoms with Crippen molar-refractivity contribution in [2.45, 2.75) is 6.92 Å². The first-order valence-electron chi connectivity index (χ1n) is 7.90. The predicted molar refractivity (Wildman–Crippen MR) is 113 cm³/mol. The summed E-state index contributed by atoms with van der Waals surface area (Å²) in [4.78, 5) is 16.3. The second-order valence-electron chi connectivity index (χ2n) is 5.63. The maximum atomic E-state index is 12.0. The van der Waals surface area contributed by atoms with Gasteiger partial charge in [0.15, 0.2) is 0 Å². The third-order valence-electron chi connectivity index (χ3n) is 3.79. The third-order valence-corrected chi connectivity index (χ3v) is 5.44. The lowest BCUT2D eigenvalue weighted by molar-refractivity contribution is -0.119. The van der Waals surface area contributed by atoms with Crippen LogP contribution in [-0.2, 0) is 4.79 Å². The van der Waals surface area contributed by atoms with E-state index in [1.165, 1.54) is 0 Å².